The molecule has 3 aromatic rings. The second-order valence-electron chi connectivity index (χ2n) is 4.46. The van der Waals surface area contributed by atoms with Gasteiger partial charge in [-0.1, -0.05) is 24.3 Å². The average Bonchev–Trinajstić information content (AvgIpc) is 2.92. The van der Waals surface area contributed by atoms with Gasteiger partial charge >= 0.3 is 12.0 Å². The number of pyridine rings is 1. The van der Waals surface area contributed by atoms with Crippen LogP contribution in [0.1, 0.15) is 10.5 Å². The quantitative estimate of drug-likeness (QED) is 0.756. The normalized spacial score (nSPS) is 10.5. The Labute approximate surface area is 119 Å². The van der Waals surface area contributed by atoms with Crippen LogP contribution in [0.3, 0.4) is 0 Å². The minimum atomic E-state index is -1.11. The lowest BCUT2D eigenvalue weighted by Crippen LogP contribution is -2.17. The standard InChI is InChI=1S/C15H11N3O3/c19-14(20)13-6-5-12(7-16-13)17-15(21)18-8-10-3-1-2-4-11(10)9-18/h1-9H,(H,17,21)(H,19,20). The van der Waals surface area contributed by atoms with Gasteiger partial charge < -0.3 is 10.4 Å². The summed E-state index contributed by atoms with van der Waals surface area (Å²) in [6.07, 6.45) is 4.76. The van der Waals surface area contributed by atoms with Gasteiger partial charge in [-0.2, -0.15) is 0 Å². The van der Waals surface area contributed by atoms with Crippen LogP contribution in [0.5, 0.6) is 0 Å². The number of hydrogen-bond acceptors (Lipinski definition) is 3. The van der Waals surface area contributed by atoms with Crippen molar-refractivity contribution in [3.63, 3.8) is 0 Å². The highest BCUT2D eigenvalue weighted by atomic mass is 16.4. The number of hydrogen-bond donors (Lipinski definition) is 2. The van der Waals surface area contributed by atoms with Gasteiger partial charge in [-0.3, -0.25) is 4.57 Å². The van der Waals surface area contributed by atoms with Crippen LogP contribution >= 0.6 is 0 Å². The van der Waals surface area contributed by atoms with Crippen molar-refractivity contribution in [1.82, 2.24) is 9.55 Å². The van der Waals surface area contributed by atoms with Crippen LogP contribution in [0, 0.1) is 0 Å². The first-order valence-electron chi connectivity index (χ1n) is 6.21. The predicted molar refractivity (Wildman–Crippen MR) is 77.6 cm³/mol. The number of amides is 1. The fraction of sp³-hybridized carbons (Fsp3) is 0. The van der Waals surface area contributed by atoms with Crippen LogP contribution in [0.15, 0.2) is 55.0 Å². The van der Waals surface area contributed by atoms with Crippen LogP contribution < -0.4 is 5.32 Å². The van der Waals surface area contributed by atoms with E-state index in [4.69, 9.17) is 5.11 Å². The number of rotatable bonds is 2. The molecule has 21 heavy (non-hydrogen) atoms. The molecule has 0 unspecified atom stereocenters. The molecule has 0 radical (unpaired) electrons. The maximum absolute atomic E-state index is 12.1. The number of carbonyl (C=O) groups is 2. The average molecular weight is 281 g/mol. The number of carboxylic acids is 1. The fourth-order valence-electron chi connectivity index (χ4n) is 1.98. The molecule has 6 heteroatoms. The summed E-state index contributed by atoms with van der Waals surface area (Å²) in [6, 6.07) is 10.1. The molecule has 2 aromatic heterocycles. The zero-order valence-corrected chi connectivity index (χ0v) is 10.9. The Morgan fingerprint density at radius 1 is 1.05 bits per heavy atom. The molecule has 0 atom stereocenters. The summed E-state index contributed by atoms with van der Waals surface area (Å²) < 4.78 is 1.44. The van der Waals surface area contributed by atoms with E-state index in [1.807, 2.05) is 24.3 Å². The zero-order chi connectivity index (χ0) is 14.8. The van der Waals surface area contributed by atoms with Crippen molar-refractivity contribution >= 4 is 28.5 Å². The minimum Gasteiger partial charge on any atom is -0.477 e. The maximum Gasteiger partial charge on any atom is 0.354 e. The molecule has 1 amide bonds. The lowest BCUT2D eigenvalue weighted by atomic mass is 10.2. The van der Waals surface area contributed by atoms with Crippen molar-refractivity contribution in [2.75, 3.05) is 5.32 Å². The van der Waals surface area contributed by atoms with Gasteiger partial charge in [0.25, 0.3) is 0 Å². The summed E-state index contributed by atoms with van der Waals surface area (Å²) in [5.74, 6) is -1.11. The summed E-state index contributed by atoms with van der Waals surface area (Å²) in [7, 11) is 0. The van der Waals surface area contributed by atoms with Crippen LogP contribution in [-0.2, 0) is 0 Å². The molecule has 104 valence electrons. The summed E-state index contributed by atoms with van der Waals surface area (Å²) in [4.78, 5) is 26.6. The molecule has 0 aliphatic heterocycles. The third-order valence-corrected chi connectivity index (χ3v) is 3.02. The highest BCUT2D eigenvalue weighted by Crippen LogP contribution is 2.15. The first kappa shape index (κ1) is 12.9. The van der Waals surface area contributed by atoms with Crippen LogP contribution in [0.4, 0.5) is 10.5 Å². The van der Waals surface area contributed by atoms with E-state index in [-0.39, 0.29) is 11.7 Å². The lowest BCUT2D eigenvalue weighted by molar-refractivity contribution is 0.0690. The van der Waals surface area contributed by atoms with E-state index in [1.54, 1.807) is 12.4 Å². The highest BCUT2D eigenvalue weighted by Gasteiger charge is 2.08. The molecular formula is C15H11N3O3. The van der Waals surface area contributed by atoms with Crippen molar-refractivity contribution < 1.29 is 14.7 Å². The Morgan fingerprint density at radius 3 is 2.24 bits per heavy atom. The topological polar surface area (TPSA) is 84.2 Å². The Balaban J connectivity index is 1.80. The third kappa shape index (κ3) is 2.59. The van der Waals surface area contributed by atoms with Crippen LogP contribution in [0.25, 0.3) is 10.8 Å². The smallest absolute Gasteiger partial charge is 0.354 e. The molecule has 0 bridgehead atoms. The summed E-state index contributed by atoms with van der Waals surface area (Å²) >= 11 is 0. The molecular weight excluding hydrogens is 270 g/mol. The Hall–Kier alpha value is -3.15. The first-order chi connectivity index (χ1) is 10.1. The van der Waals surface area contributed by atoms with Crippen LogP contribution in [0.2, 0.25) is 0 Å². The monoisotopic (exact) mass is 281 g/mol. The number of carboxylic acid groups (broad SMARTS) is 1. The Morgan fingerprint density at radius 2 is 1.71 bits per heavy atom. The largest absolute Gasteiger partial charge is 0.477 e. The molecule has 0 spiro atoms. The number of benzene rings is 1. The Kier molecular flexibility index (Phi) is 3.12. The van der Waals surface area contributed by atoms with Crippen LogP contribution in [-0.4, -0.2) is 26.7 Å². The van der Waals surface area contributed by atoms with E-state index in [2.05, 4.69) is 10.3 Å². The van der Waals surface area contributed by atoms with Crippen molar-refractivity contribution in [2.24, 2.45) is 0 Å². The molecule has 0 saturated heterocycles. The van der Waals surface area contributed by atoms with Crippen molar-refractivity contribution in [3.8, 4) is 0 Å². The number of carbonyl (C=O) groups excluding carboxylic acids is 1. The molecule has 1 aromatic carbocycles. The number of aromatic carboxylic acids is 1. The molecule has 6 nitrogen and oxygen atoms in total. The second-order valence-corrected chi connectivity index (χ2v) is 4.46. The van der Waals surface area contributed by atoms with Gasteiger partial charge in [-0.05, 0) is 22.9 Å². The number of fused-ring (bicyclic) bond motifs is 1. The summed E-state index contributed by atoms with van der Waals surface area (Å²) in [6.45, 7) is 0. The van der Waals surface area contributed by atoms with E-state index in [0.29, 0.717) is 5.69 Å². The van der Waals surface area contributed by atoms with Crippen molar-refractivity contribution in [3.05, 3.63) is 60.7 Å². The number of nitrogens with one attached hydrogen (secondary N) is 1. The van der Waals surface area contributed by atoms with E-state index in [0.717, 1.165) is 10.8 Å². The van der Waals surface area contributed by atoms with E-state index < -0.39 is 5.97 Å². The van der Waals surface area contributed by atoms with E-state index in [1.165, 1.54) is 22.9 Å². The maximum atomic E-state index is 12.1. The Bertz CT molecular complexity index is 789. The molecule has 2 N–H and O–H groups in total. The van der Waals surface area contributed by atoms with Gasteiger partial charge in [0, 0.05) is 12.4 Å². The SMILES string of the molecule is O=C(O)c1ccc(NC(=O)n2cc3ccccc3c2)cn1. The van der Waals surface area contributed by atoms with Crippen molar-refractivity contribution in [2.45, 2.75) is 0 Å². The molecule has 2 heterocycles. The molecule has 0 aliphatic rings. The van der Waals surface area contributed by atoms with Gasteiger partial charge in [-0.25, -0.2) is 14.6 Å². The van der Waals surface area contributed by atoms with Gasteiger partial charge in [0.1, 0.15) is 5.69 Å². The van der Waals surface area contributed by atoms with Gasteiger partial charge in [0.15, 0.2) is 0 Å². The molecule has 0 aliphatic carbocycles. The first-order valence-corrected chi connectivity index (χ1v) is 6.21. The molecule has 3 rings (SSSR count). The number of anilines is 1. The molecule has 0 saturated carbocycles. The molecule has 0 fully saturated rings. The third-order valence-electron chi connectivity index (χ3n) is 3.02. The number of aromatic nitrogens is 2. The van der Waals surface area contributed by atoms with Gasteiger partial charge in [-0.15, -0.1) is 0 Å². The van der Waals surface area contributed by atoms with Crippen molar-refractivity contribution in [1.29, 1.82) is 0 Å². The summed E-state index contributed by atoms with van der Waals surface area (Å²) in [5, 5.41) is 13.3. The second kappa shape index (κ2) is 5.09. The van der Waals surface area contributed by atoms with E-state index >= 15 is 0 Å². The lowest BCUT2D eigenvalue weighted by Gasteiger charge is -2.05. The zero-order valence-electron chi connectivity index (χ0n) is 10.9. The van der Waals surface area contributed by atoms with Gasteiger partial charge in [0.2, 0.25) is 0 Å². The highest BCUT2D eigenvalue weighted by molar-refractivity contribution is 5.95. The number of nitrogens with zero attached hydrogens (tertiary/aromatic N) is 2. The van der Waals surface area contributed by atoms with E-state index in [9.17, 15) is 9.59 Å². The van der Waals surface area contributed by atoms with Gasteiger partial charge in [0.05, 0.1) is 11.9 Å². The minimum absolute atomic E-state index is 0.0697. The fourth-order valence-corrected chi connectivity index (χ4v) is 1.98. The summed E-state index contributed by atoms with van der Waals surface area (Å²) in [5.41, 5.74) is 0.363. The predicted octanol–water partition coefficient (Wildman–Crippen LogP) is 2.81.